The number of primary amides is 5. The third-order valence-corrected chi connectivity index (χ3v) is 22.2. The normalized spacial score (nSPS) is 21.9. The lowest BCUT2D eigenvalue weighted by Crippen LogP contribution is -2.24. The van der Waals surface area contributed by atoms with Gasteiger partial charge in [0.15, 0.2) is 11.6 Å². The maximum atomic E-state index is 12.1. The van der Waals surface area contributed by atoms with Crippen LogP contribution < -0.4 is 40.1 Å². The molecule has 5 heterocycles. The lowest BCUT2D eigenvalue weighted by Gasteiger charge is -2.21. The molecule has 550 valence electrons. The molecule has 0 bridgehead atoms. The van der Waals surface area contributed by atoms with Crippen molar-refractivity contribution in [3.63, 3.8) is 0 Å². The lowest BCUT2D eigenvalue weighted by molar-refractivity contribution is -0.156. The standard InChI is InChI=1S/C20H26N2O3.2C18H20N2O2.2C14H17N3O/c1-20(2,3)25-17(23)11-12-4-5-13(10-12)14-6-7-16(19(21)24)18-15(14)8-9-22-18;2*1-2-13(21)10-11-3-4-12(9-11)14-5-6-16(18(19)22)17-15(14)7-8-20-17;2*15-9-2-1-8(7-9)10-3-4-12(14(16)18)13-11(10)5-6-17-13/h6-9,12-13,22H,4-5,10-11H2,1-3H3,(H2,21,24);2*2,5-8,11-12,20H,1,3-4,9-10H2,(H2,19,22);2*3-6,8-9,17H,1-2,7,15H2,(H2,16,18)/t;11-,12+;11-,12-;8-,9+;8-,9-/m.0010/s1. The molecule has 0 saturated heterocycles. The molecule has 21 nitrogen and oxygen atoms in total. The van der Waals surface area contributed by atoms with Crippen LogP contribution in [0.15, 0.2) is 147 Å². The number of rotatable bonds is 18. The lowest BCUT2D eigenvalue weighted by atomic mass is 9.91. The topological polar surface area (TPSA) is 407 Å². The van der Waals surface area contributed by atoms with Gasteiger partial charge in [-0.1, -0.05) is 43.5 Å². The number of allylic oxidation sites excluding steroid dienone is 2. The summed E-state index contributed by atoms with van der Waals surface area (Å²) in [5.41, 5.74) is 51.7. The number of H-pyrrole nitrogens is 5. The molecule has 10 atom stereocenters. The van der Waals surface area contributed by atoms with Crippen LogP contribution in [-0.2, 0) is 19.1 Å². The molecule has 5 aromatic heterocycles. The van der Waals surface area contributed by atoms with Gasteiger partial charge in [0.1, 0.15) is 5.60 Å². The molecule has 2 unspecified atom stereocenters. The molecule has 5 saturated carbocycles. The van der Waals surface area contributed by atoms with Gasteiger partial charge < -0.3 is 69.8 Å². The van der Waals surface area contributed by atoms with E-state index in [4.69, 9.17) is 44.9 Å². The van der Waals surface area contributed by atoms with E-state index in [0.717, 1.165) is 151 Å². The molecule has 5 amide bonds. The Hall–Kier alpha value is -10.6. The first kappa shape index (κ1) is 75.5. The van der Waals surface area contributed by atoms with Crippen molar-refractivity contribution >= 4 is 102 Å². The van der Waals surface area contributed by atoms with Crippen LogP contribution in [0.4, 0.5) is 0 Å². The second kappa shape index (κ2) is 33.0. The number of nitrogens with two attached hydrogens (primary N) is 7. The van der Waals surface area contributed by atoms with Gasteiger partial charge in [-0.25, -0.2) is 0 Å². The minimum Gasteiger partial charge on any atom is -0.460 e. The molecule has 105 heavy (non-hydrogen) atoms. The van der Waals surface area contributed by atoms with Crippen molar-refractivity contribution in [1.82, 2.24) is 24.9 Å². The number of aromatic nitrogens is 5. The van der Waals surface area contributed by atoms with Crippen LogP contribution in [0.5, 0.6) is 0 Å². The van der Waals surface area contributed by atoms with Gasteiger partial charge in [-0.05, 0) is 265 Å². The molecule has 21 heteroatoms. The van der Waals surface area contributed by atoms with E-state index in [2.05, 4.69) is 38.1 Å². The van der Waals surface area contributed by atoms with E-state index in [0.29, 0.717) is 107 Å². The van der Waals surface area contributed by atoms with Gasteiger partial charge >= 0.3 is 5.97 Å². The van der Waals surface area contributed by atoms with E-state index >= 15 is 0 Å². The van der Waals surface area contributed by atoms with Crippen molar-refractivity contribution in [3.05, 3.63) is 203 Å². The number of ether oxygens (including phenoxy) is 1. The van der Waals surface area contributed by atoms with E-state index in [1.54, 1.807) is 18.2 Å². The first-order valence-electron chi connectivity index (χ1n) is 36.8. The molecule has 0 aliphatic heterocycles. The number of carbonyl (C=O) groups is 8. The Labute approximate surface area is 611 Å². The Morgan fingerprint density at radius 3 is 0.819 bits per heavy atom. The Morgan fingerprint density at radius 1 is 0.362 bits per heavy atom. The largest absolute Gasteiger partial charge is 0.460 e. The Bertz CT molecular complexity index is 4670. The van der Waals surface area contributed by atoms with Crippen molar-refractivity contribution in [1.29, 1.82) is 0 Å². The maximum absolute atomic E-state index is 12.1. The van der Waals surface area contributed by atoms with Crippen LogP contribution in [0, 0.1) is 17.8 Å². The highest BCUT2D eigenvalue weighted by atomic mass is 16.6. The van der Waals surface area contributed by atoms with Crippen LogP contribution >= 0.6 is 0 Å². The van der Waals surface area contributed by atoms with Crippen molar-refractivity contribution in [2.45, 2.75) is 184 Å². The van der Waals surface area contributed by atoms with Gasteiger partial charge in [0, 0.05) is 89.3 Å². The molecule has 5 aliphatic rings. The highest BCUT2D eigenvalue weighted by molar-refractivity contribution is 6.09. The van der Waals surface area contributed by atoms with E-state index in [1.165, 1.54) is 40.0 Å². The van der Waals surface area contributed by atoms with E-state index < -0.39 is 35.1 Å². The Balaban J connectivity index is 0.000000132. The monoisotopic (exact) mass is 1420 g/mol. The quantitative estimate of drug-likeness (QED) is 0.0283. The van der Waals surface area contributed by atoms with Crippen LogP contribution in [0.3, 0.4) is 0 Å². The average molecular weight is 1420 g/mol. The first-order chi connectivity index (χ1) is 50.3. The number of nitrogens with one attached hydrogen (secondary N) is 5. The van der Waals surface area contributed by atoms with Gasteiger partial charge in [0.2, 0.25) is 0 Å². The van der Waals surface area contributed by atoms with Crippen LogP contribution in [0.2, 0.25) is 0 Å². The van der Waals surface area contributed by atoms with Gasteiger partial charge in [-0.2, -0.15) is 0 Å². The zero-order valence-electron chi connectivity index (χ0n) is 60.3. The second-order valence-corrected chi connectivity index (χ2v) is 30.4. The van der Waals surface area contributed by atoms with Gasteiger partial charge in [-0.15, -0.1) is 0 Å². The SMILES string of the molecule is C=CC(=O)C[C@H]1CC[C@@H](c2ccc(C(N)=O)c3[nH]ccc23)C1.C=CC(=O)C[C@H]1CC[C@H](c2ccc(C(N)=O)c3[nH]ccc23)C1.CC(C)(C)OC(=O)CC1CCC(c2ccc(C(N)=O)c3[nH]ccc23)C1.NC(=O)c1ccc([C@@H]2CC[C@H](N)C2)c2cc[nH]c12.NC(=O)c1ccc([C@H]2CC[C@H](N)C2)c2cc[nH]c12. The number of aromatic amines is 5. The fraction of sp³-hybridized carbons (Fsp3) is 0.381. The zero-order valence-corrected chi connectivity index (χ0v) is 60.3. The number of fused-ring (bicyclic) bond motifs is 5. The summed E-state index contributed by atoms with van der Waals surface area (Å²) in [5.74, 6) is 1.57. The Kier molecular flexibility index (Phi) is 23.7. The molecular formula is C84H100N12O9. The summed E-state index contributed by atoms with van der Waals surface area (Å²) < 4.78 is 5.45. The molecule has 15 rings (SSSR count). The number of hydrogen-bond acceptors (Lipinski definition) is 11. The van der Waals surface area contributed by atoms with Crippen molar-refractivity contribution in [3.8, 4) is 0 Å². The smallest absolute Gasteiger partial charge is 0.306 e. The van der Waals surface area contributed by atoms with Gasteiger partial charge in [0.05, 0.1) is 55.4 Å². The van der Waals surface area contributed by atoms with Crippen molar-refractivity contribution in [2.75, 3.05) is 0 Å². The summed E-state index contributed by atoms with van der Waals surface area (Å²) in [5, 5.41) is 5.39. The Morgan fingerprint density at radius 2 is 0.600 bits per heavy atom. The number of carbonyl (C=O) groups excluding carboxylic acids is 8. The third-order valence-electron chi connectivity index (χ3n) is 22.2. The molecule has 19 N–H and O–H groups in total. The summed E-state index contributed by atoms with van der Waals surface area (Å²) in [7, 11) is 0. The maximum Gasteiger partial charge on any atom is 0.306 e. The average Bonchev–Trinajstić information content (AvgIpc) is 1.71. The summed E-state index contributed by atoms with van der Waals surface area (Å²) in [6, 6.07) is 29.8. The van der Waals surface area contributed by atoms with Gasteiger partial charge in [-0.3, -0.25) is 38.4 Å². The predicted molar refractivity (Wildman–Crippen MR) is 414 cm³/mol. The summed E-state index contributed by atoms with van der Waals surface area (Å²) >= 11 is 0. The number of amides is 5. The minimum absolute atomic E-state index is 0.117. The molecule has 5 aliphatic carbocycles. The highest BCUT2D eigenvalue weighted by Crippen LogP contribution is 2.47. The summed E-state index contributed by atoms with van der Waals surface area (Å²) in [6.45, 7) is 12.8. The van der Waals surface area contributed by atoms with E-state index in [-0.39, 0.29) is 17.5 Å². The van der Waals surface area contributed by atoms with E-state index in [1.807, 2.05) is 125 Å². The molecule has 0 radical (unpaired) electrons. The highest BCUT2D eigenvalue weighted by Gasteiger charge is 2.34. The molecule has 5 aromatic carbocycles. The fourth-order valence-electron chi connectivity index (χ4n) is 17.3. The van der Waals surface area contributed by atoms with Crippen molar-refractivity contribution < 1.29 is 43.1 Å². The molecule has 0 spiro atoms. The number of esters is 1. The second-order valence-electron chi connectivity index (χ2n) is 30.4. The first-order valence-corrected chi connectivity index (χ1v) is 36.8. The minimum atomic E-state index is -0.434. The molecular weight excluding hydrogens is 1320 g/mol. The van der Waals surface area contributed by atoms with Crippen LogP contribution in [0.25, 0.3) is 54.5 Å². The summed E-state index contributed by atoms with van der Waals surface area (Å²) in [4.78, 5) is 108. The summed E-state index contributed by atoms with van der Waals surface area (Å²) in [6.07, 6.45) is 29.5. The fourth-order valence-corrected chi connectivity index (χ4v) is 17.3. The zero-order chi connectivity index (χ0) is 75.0. The number of ketones is 2. The number of hydrogen-bond donors (Lipinski definition) is 12. The van der Waals surface area contributed by atoms with Gasteiger partial charge in [0.25, 0.3) is 29.5 Å². The van der Waals surface area contributed by atoms with Crippen molar-refractivity contribution in [2.24, 2.45) is 57.9 Å². The molecule has 5 fully saturated rings. The van der Waals surface area contributed by atoms with Crippen LogP contribution in [0.1, 0.15) is 246 Å². The number of benzene rings is 5. The van der Waals surface area contributed by atoms with E-state index in [9.17, 15) is 38.4 Å². The third kappa shape index (κ3) is 17.6. The predicted octanol–water partition coefficient (Wildman–Crippen LogP) is 14.2. The molecule has 10 aromatic rings. The van der Waals surface area contributed by atoms with Crippen LogP contribution in [-0.4, -0.2) is 89.7 Å².